The summed E-state index contributed by atoms with van der Waals surface area (Å²) in [5, 5.41) is 12.0. The lowest BCUT2D eigenvalue weighted by Crippen LogP contribution is -2.15. The Morgan fingerprint density at radius 2 is 1.97 bits per heavy atom. The van der Waals surface area contributed by atoms with Gasteiger partial charge in [-0.15, -0.1) is 16.8 Å². The van der Waals surface area contributed by atoms with Crippen LogP contribution in [-0.4, -0.2) is 40.6 Å². The van der Waals surface area contributed by atoms with Gasteiger partial charge in [0.1, 0.15) is 23.9 Å². The Morgan fingerprint density at radius 3 is 2.70 bits per heavy atom. The van der Waals surface area contributed by atoms with Crippen LogP contribution in [0.2, 0.25) is 0 Å². The first-order chi connectivity index (χ1) is 16.0. The lowest BCUT2D eigenvalue weighted by molar-refractivity contribution is -0.113. The quantitative estimate of drug-likeness (QED) is 0.329. The van der Waals surface area contributed by atoms with Gasteiger partial charge in [0.15, 0.2) is 11.0 Å². The van der Waals surface area contributed by atoms with E-state index in [2.05, 4.69) is 22.1 Å². The highest BCUT2D eigenvalue weighted by Crippen LogP contribution is 2.29. The highest BCUT2D eigenvalue weighted by molar-refractivity contribution is 7.99. The van der Waals surface area contributed by atoms with Crippen molar-refractivity contribution < 1.29 is 19.0 Å². The number of carbonyl (C=O) groups is 1. The summed E-state index contributed by atoms with van der Waals surface area (Å²) >= 11 is 1.29. The number of amides is 1. The van der Waals surface area contributed by atoms with Gasteiger partial charge in [0.25, 0.3) is 0 Å². The molecule has 1 heterocycles. The minimum absolute atomic E-state index is 0.155. The van der Waals surface area contributed by atoms with E-state index in [-0.39, 0.29) is 18.3 Å². The molecule has 0 unspecified atom stereocenters. The predicted octanol–water partition coefficient (Wildman–Crippen LogP) is 4.41. The van der Waals surface area contributed by atoms with Crippen molar-refractivity contribution in [3.05, 3.63) is 66.0 Å². The number of anilines is 1. The first-order valence-electron chi connectivity index (χ1n) is 10.3. The van der Waals surface area contributed by atoms with Crippen molar-refractivity contribution in [2.24, 2.45) is 0 Å². The number of benzene rings is 2. The van der Waals surface area contributed by atoms with E-state index in [1.54, 1.807) is 38.5 Å². The van der Waals surface area contributed by atoms with E-state index in [9.17, 15) is 4.79 Å². The second-order valence-electron chi connectivity index (χ2n) is 7.19. The lowest BCUT2D eigenvalue weighted by Gasteiger charge is -2.12. The van der Waals surface area contributed by atoms with Crippen molar-refractivity contribution in [2.75, 3.05) is 25.3 Å². The molecule has 0 aliphatic carbocycles. The molecule has 0 atom stereocenters. The van der Waals surface area contributed by atoms with Crippen LogP contribution in [0.15, 0.2) is 54.2 Å². The van der Waals surface area contributed by atoms with Crippen LogP contribution in [0.3, 0.4) is 0 Å². The van der Waals surface area contributed by atoms with Crippen LogP contribution >= 0.6 is 11.8 Å². The molecular formula is C24H28N4O4S. The van der Waals surface area contributed by atoms with Gasteiger partial charge in [-0.2, -0.15) is 0 Å². The van der Waals surface area contributed by atoms with Crippen LogP contribution in [-0.2, 0) is 17.9 Å². The second kappa shape index (κ2) is 11.4. The van der Waals surface area contributed by atoms with Gasteiger partial charge >= 0.3 is 0 Å². The molecule has 1 aromatic heterocycles. The van der Waals surface area contributed by atoms with E-state index in [0.717, 1.165) is 16.9 Å². The summed E-state index contributed by atoms with van der Waals surface area (Å²) in [5.41, 5.74) is 2.82. The van der Waals surface area contributed by atoms with Crippen molar-refractivity contribution in [1.29, 1.82) is 0 Å². The van der Waals surface area contributed by atoms with Gasteiger partial charge < -0.3 is 19.5 Å². The highest BCUT2D eigenvalue weighted by atomic mass is 32.2. The Hall–Kier alpha value is -3.46. The molecule has 0 spiro atoms. The third-order valence-corrected chi connectivity index (χ3v) is 6.00. The van der Waals surface area contributed by atoms with Crippen LogP contribution in [0.4, 0.5) is 5.69 Å². The van der Waals surface area contributed by atoms with Gasteiger partial charge in [-0.25, -0.2) is 0 Å². The minimum Gasteiger partial charge on any atom is -0.497 e. The summed E-state index contributed by atoms with van der Waals surface area (Å²) in [5.74, 6) is 2.61. The number of hydrogen-bond acceptors (Lipinski definition) is 7. The Bertz CT molecular complexity index is 1130. The number of rotatable bonds is 11. The van der Waals surface area contributed by atoms with Crippen molar-refractivity contribution in [3.8, 4) is 17.2 Å². The van der Waals surface area contributed by atoms with Gasteiger partial charge in [0, 0.05) is 12.6 Å². The lowest BCUT2D eigenvalue weighted by atomic mass is 10.1. The fourth-order valence-electron chi connectivity index (χ4n) is 3.09. The number of ether oxygens (including phenoxy) is 3. The molecule has 3 rings (SSSR count). The van der Waals surface area contributed by atoms with Crippen LogP contribution in [0.1, 0.15) is 17.0 Å². The number of carbonyl (C=O) groups excluding carboxylic acids is 1. The smallest absolute Gasteiger partial charge is 0.234 e. The normalized spacial score (nSPS) is 10.5. The predicted molar refractivity (Wildman–Crippen MR) is 129 cm³/mol. The number of aryl methyl sites for hydroxylation is 1. The molecular weight excluding hydrogens is 440 g/mol. The maximum Gasteiger partial charge on any atom is 0.234 e. The fourth-order valence-corrected chi connectivity index (χ4v) is 3.85. The molecule has 0 saturated carbocycles. The third kappa shape index (κ3) is 6.07. The fraction of sp³-hybridized carbons (Fsp3) is 0.292. The topological polar surface area (TPSA) is 87.5 Å². The summed E-state index contributed by atoms with van der Waals surface area (Å²) in [4.78, 5) is 12.5. The number of aromatic nitrogens is 3. The van der Waals surface area contributed by atoms with Gasteiger partial charge in [-0.05, 0) is 43.2 Å². The number of hydrogen-bond donors (Lipinski definition) is 1. The maximum atomic E-state index is 12.5. The van der Waals surface area contributed by atoms with E-state index < -0.39 is 0 Å². The van der Waals surface area contributed by atoms with E-state index in [4.69, 9.17) is 14.2 Å². The zero-order valence-electron chi connectivity index (χ0n) is 19.3. The summed E-state index contributed by atoms with van der Waals surface area (Å²) in [6.07, 6.45) is 1.76. The summed E-state index contributed by atoms with van der Waals surface area (Å²) in [6.45, 7) is 8.66. The third-order valence-electron chi connectivity index (χ3n) is 5.03. The average molecular weight is 469 g/mol. The molecule has 0 fully saturated rings. The van der Waals surface area contributed by atoms with Crippen molar-refractivity contribution >= 4 is 23.4 Å². The van der Waals surface area contributed by atoms with Gasteiger partial charge in [-0.3, -0.25) is 9.36 Å². The molecule has 0 bridgehead atoms. The summed E-state index contributed by atoms with van der Waals surface area (Å²) in [6, 6.07) is 11.2. The SMILES string of the molecule is C=CCn1c(COc2cccc(C)c2C)nnc1SCC(=O)Nc1ccc(OC)cc1OC. The zero-order valence-corrected chi connectivity index (χ0v) is 20.1. The number of thioether (sulfide) groups is 1. The average Bonchev–Trinajstić information content (AvgIpc) is 3.20. The monoisotopic (exact) mass is 468 g/mol. The van der Waals surface area contributed by atoms with E-state index in [1.807, 2.05) is 36.6 Å². The molecule has 0 aliphatic rings. The molecule has 0 saturated heterocycles. The molecule has 8 nitrogen and oxygen atoms in total. The largest absolute Gasteiger partial charge is 0.497 e. The van der Waals surface area contributed by atoms with Gasteiger partial charge in [0.05, 0.1) is 25.7 Å². The molecule has 2 aromatic carbocycles. The zero-order chi connectivity index (χ0) is 23.8. The highest BCUT2D eigenvalue weighted by Gasteiger charge is 2.16. The Morgan fingerprint density at radius 1 is 1.15 bits per heavy atom. The Balaban J connectivity index is 1.65. The molecule has 1 N–H and O–H groups in total. The summed E-state index contributed by atoms with van der Waals surface area (Å²) in [7, 11) is 3.11. The molecule has 33 heavy (non-hydrogen) atoms. The standard InChI is InChI=1S/C24H28N4O4S/c1-6-12-28-22(14-32-20-9-7-8-16(2)17(20)3)26-27-24(28)33-15-23(29)25-19-11-10-18(30-4)13-21(19)31-5/h6-11,13H,1,12,14-15H2,2-5H3,(H,25,29). The maximum absolute atomic E-state index is 12.5. The Kier molecular flexibility index (Phi) is 8.37. The molecule has 1 amide bonds. The number of nitrogens with one attached hydrogen (secondary N) is 1. The van der Waals surface area contributed by atoms with E-state index in [1.165, 1.54) is 11.8 Å². The molecule has 9 heteroatoms. The van der Waals surface area contributed by atoms with Crippen LogP contribution in [0.25, 0.3) is 0 Å². The first kappa shape index (κ1) is 24.2. The van der Waals surface area contributed by atoms with E-state index in [0.29, 0.717) is 34.7 Å². The first-order valence-corrected chi connectivity index (χ1v) is 11.3. The van der Waals surface area contributed by atoms with Crippen molar-refractivity contribution in [1.82, 2.24) is 14.8 Å². The second-order valence-corrected chi connectivity index (χ2v) is 8.13. The molecule has 174 valence electrons. The number of nitrogens with zero attached hydrogens (tertiary/aromatic N) is 3. The molecule has 0 radical (unpaired) electrons. The van der Waals surface area contributed by atoms with Crippen molar-refractivity contribution in [2.45, 2.75) is 32.2 Å². The van der Waals surface area contributed by atoms with Crippen LogP contribution in [0.5, 0.6) is 17.2 Å². The van der Waals surface area contributed by atoms with E-state index >= 15 is 0 Å². The number of methoxy groups -OCH3 is 2. The summed E-state index contributed by atoms with van der Waals surface area (Å²) < 4.78 is 18.4. The van der Waals surface area contributed by atoms with Crippen LogP contribution in [0, 0.1) is 13.8 Å². The Labute approximate surface area is 198 Å². The molecule has 3 aromatic rings. The minimum atomic E-state index is -0.190. The van der Waals surface area contributed by atoms with Gasteiger partial charge in [0.2, 0.25) is 5.91 Å². The van der Waals surface area contributed by atoms with Crippen LogP contribution < -0.4 is 19.5 Å². The van der Waals surface area contributed by atoms with Crippen molar-refractivity contribution in [3.63, 3.8) is 0 Å². The molecule has 0 aliphatic heterocycles. The number of allylic oxidation sites excluding steroid dienone is 1. The van der Waals surface area contributed by atoms with Gasteiger partial charge in [-0.1, -0.05) is 30.0 Å².